The second-order valence-corrected chi connectivity index (χ2v) is 6.59. The van der Waals surface area contributed by atoms with E-state index in [0.29, 0.717) is 40.7 Å². The lowest BCUT2D eigenvalue weighted by Gasteiger charge is -2.19. The average molecular weight is 385 g/mol. The van der Waals surface area contributed by atoms with E-state index in [9.17, 15) is 9.59 Å². The van der Waals surface area contributed by atoms with Crippen LogP contribution >= 0.6 is 11.6 Å². The van der Waals surface area contributed by atoms with Crippen LogP contribution in [0.15, 0.2) is 48.0 Å². The Balaban J connectivity index is 1.71. The molecule has 0 saturated carbocycles. The third-order valence-corrected chi connectivity index (χ3v) is 4.65. The van der Waals surface area contributed by atoms with Gasteiger partial charge in [0.2, 0.25) is 0 Å². The van der Waals surface area contributed by atoms with Crippen molar-refractivity contribution in [3.63, 3.8) is 0 Å². The Morgan fingerprint density at radius 3 is 2.48 bits per heavy atom. The smallest absolute Gasteiger partial charge is 0.255 e. The number of ether oxygens (including phenoxy) is 1. The maximum atomic E-state index is 12.5. The fourth-order valence-corrected chi connectivity index (χ4v) is 3.06. The summed E-state index contributed by atoms with van der Waals surface area (Å²) in [5.41, 5.74) is 2.50. The number of anilines is 1. The van der Waals surface area contributed by atoms with Gasteiger partial charge in [-0.05, 0) is 62.4 Å². The molecule has 0 aromatic heterocycles. The Morgan fingerprint density at radius 1 is 1.11 bits per heavy atom. The van der Waals surface area contributed by atoms with Crippen molar-refractivity contribution in [3.05, 3.63) is 64.2 Å². The maximum absolute atomic E-state index is 12.5. The Labute approximate surface area is 163 Å². The molecular weight excluding hydrogens is 364 g/mol. The molecule has 0 unspecified atom stereocenters. The van der Waals surface area contributed by atoms with Gasteiger partial charge in [-0.2, -0.15) is 0 Å². The summed E-state index contributed by atoms with van der Waals surface area (Å²) < 4.78 is 5.61. The molecule has 3 rings (SSSR count). The minimum Gasteiger partial charge on any atom is -0.488 e. The molecule has 1 N–H and O–H groups in total. The van der Waals surface area contributed by atoms with Crippen molar-refractivity contribution in [1.29, 1.82) is 0 Å². The molecule has 27 heavy (non-hydrogen) atoms. The molecule has 6 heteroatoms. The summed E-state index contributed by atoms with van der Waals surface area (Å²) in [6, 6.07) is 12.2. The summed E-state index contributed by atoms with van der Waals surface area (Å²) in [6.45, 7) is 5.41. The van der Waals surface area contributed by atoms with Crippen molar-refractivity contribution < 1.29 is 14.3 Å². The van der Waals surface area contributed by atoms with E-state index in [0.717, 1.165) is 5.56 Å². The lowest BCUT2D eigenvalue weighted by molar-refractivity contribution is -0.113. The largest absolute Gasteiger partial charge is 0.488 e. The fourth-order valence-electron chi connectivity index (χ4n) is 2.88. The van der Waals surface area contributed by atoms with E-state index < -0.39 is 0 Å². The minimum absolute atomic E-state index is 0.0187. The van der Waals surface area contributed by atoms with Crippen molar-refractivity contribution in [2.24, 2.45) is 0 Å². The predicted molar refractivity (Wildman–Crippen MR) is 107 cm³/mol. The predicted octanol–water partition coefficient (Wildman–Crippen LogP) is 4.24. The van der Waals surface area contributed by atoms with Gasteiger partial charge in [0.05, 0.1) is 5.57 Å². The summed E-state index contributed by atoms with van der Waals surface area (Å²) in [5, 5.41) is 3.42. The minimum atomic E-state index is -0.247. The number of carbonyl (C=O) groups is 2. The zero-order valence-electron chi connectivity index (χ0n) is 15.3. The number of nitrogens with zero attached hydrogens (tertiary/aromatic N) is 1. The van der Waals surface area contributed by atoms with Crippen LogP contribution in [0.2, 0.25) is 5.02 Å². The van der Waals surface area contributed by atoms with Gasteiger partial charge in [0.15, 0.2) is 0 Å². The van der Waals surface area contributed by atoms with E-state index in [-0.39, 0.29) is 18.4 Å². The summed E-state index contributed by atoms with van der Waals surface area (Å²) in [7, 11) is 0. The number of nitrogens with one attached hydrogen (secondary N) is 1. The highest BCUT2D eigenvalue weighted by Gasteiger charge is 2.18. The number of hydrogen-bond acceptors (Lipinski definition) is 3. The van der Waals surface area contributed by atoms with Crippen LogP contribution in [0.3, 0.4) is 0 Å². The highest BCUT2D eigenvalue weighted by atomic mass is 35.5. The van der Waals surface area contributed by atoms with E-state index in [1.807, 2.05) is 13.8 Å². The normalized spacial score (nSPS) is 12.5. The highest BCUT2D eigenvalue weighted by molar-refractivity contribution is 6.30. The second kappa shape index (κ2) is 8.27. The zero-order chi connectivity index (χ0) is 19.4. The van der Waals surface area contributed by atoms with Crippen LogP contribution in [0.5, 0.6) is 5.75 Å². The number of carbonyl (C=O) groups excluding carboxylic acids is 2. The first kappa shape index (κ1) is 19.0. The third-order valence-electron chi connectivity index (χ3n) is 4.42. The van der Waals surface area contributed by atoms with E-state index in [1.165, 1.54) is 0 Å². The van der Waals surface area contributed by atoms with E-state index in [1.54, 1.807) is 53.4 Å². The van der Waals surface area contributed by atoms with Gasteiger partial charge in [-0.15, -0.1) is 0 Å². The lowest BCUT2D eigenvalue weighted by Crippen LogP contribution is -2.30. The number of hydrogen-bond donors (Lipinski definition) is 1. The molecule has 5 nitrogen and oxygen atoms in total. The molecule has 140 valence electrons. The van der Waals surface area contributed by atoms with Crippen LogP contribution < -0.4 is 10.1 Å². The van der Waals surface area contributed by atoms with Crippen LogP contribution in [0.4, 0.5) is 5.69 Å². The van der Waals surface area contributed by atoms with Gasteiger partial charge in [-0.3, -0.25) is 9.59 Å². The summed E-state index contributed by atoms with van der Waals surface area (Å²) >= 11 is 6.00. The van der Waals surface area contributed by atoms with Gasteiger partial charge in [0.1, 0.15) is 12.4 Å². The SMILES string of the molecule is CCN(CC)C(=O)c1ccc(NC(=O)C2=Cc3cc(Cl)ccc3OC2)cc1. The molecule has 2 aromatic rings. The Hall–Kier alpha value is -2.79. The van der Waals surface area contributed by atoms with Crippen molar-refractivity contribution >= 4 is 35.2 Å². The number of halogens is 1. The number of rotatable bonds is 5. The third kappa shape index (κ3) is 4.31. The van der Waals surface area contributed by atoms with Gasteiger partial charge >= 0.3 is 0 Å². The fraction of sp³-hybridized carbons (Fsp3) is 0.238. The zero-order valence-corrected chi connectivity index (χ0v) is 16.0. The first-order valence-electron chi connectivity index (χ1n) is 8.85. The first-order valence-corrected chi connectivity index (χ1v) is 9.23. The molecule has 0 atom stereocenters. The Bertz CT molecular complexity index is 887. The quantitative estimate of drug-likeness (QED) is 0.838. The Morgan fingerprint density at radius 2 is 1.81 bits per heavy atom. The molecule has 0 aliphatic carbocycles. The molecule has 1 heterocycles. The van der Waals surface area contributed by atoms with E-state index in [2.05, 4.69) is 5.32 Å². The summed E-state index contributed by atoms with van der Waals surface area (Å²) in [6.07, 6.45) is 1.78. The first-order chi connectivity index (χ1) is 13.0. The van der Waals surface area contributed by atoms with Crippen molar-refractivity contribution in [1.82, 2.24) is 4.90 Å². The maximum Gasteiger partial charge on any atom is 0.255 e. The average Bonchev–Trinajstić information content (AvgIpc) is 2.68. The molecular formula is C21H21ClN2O3. The van der Waals surface area contributed by atoms with Gasteiger partial charge in [-0.25, -0.2) is 0 Å². The molecule has 0 fully saturated rings. The van der Waals surface area contributed by atoms with Crippen LogP contribution in [-0.4, -0.2) is 36.4 Å². The van der Waals surface area contributed by atoms with Crippen LogP contribution in [0.25, 0.3) is 6.08 Å². The molecule has 2 amide bonds. The van der Waals surface area contributed by atoms with E-state index >= 15 is 0 Å². The standard InChI is InChI=1S/C21H21ClN2O3/c1-3-24(4-2)21(26)14-5-8-18(9-6-14)23-20(25)16-11-15-12-17(22)7-10-19(15)27-13-16/h5-12H,3-4,13H2,1-2H3,(H,23,25). The van der Waals surface area contributed by atoms with Gasteiger partial charge in [0, 0.05) is 34.9 Å². The molecule has 0 spiro atoms. The molecule has 2 aromatic carbocycles. The van der Waals surface area contributed by atoms with Gasteiger partial charge in [-0.1, -0.05) is 11.6 Å². The van der Waals surface area contributed by atoms with Crippen molar-refractivity contribution in [2.45, 2.75) is 13.8 Å². The summed E-state index contributed by atoms with van der Waals surface area (Å²) in [4.78, 5) is 26.6. The molecule has 0 saturated heterocycles. The van der Waals surface area contributed by atoms with Gasteiger partial charge in [0.25, 0.3) is 11.8 Å². The second-order valence-electron chi connectivity index (χ2n) is 6.15. The lowest BCUT2D eigenvalue weighted by atomic mass is 10.1. The molecule has 0 bridgehead atoms. The van der Waals surface area contributed by atoms with Crippen molar-refractivity contribution in [3.8, 4) is 5.75 Å². The highest BCUT2D eigenvalue weighted by Crippen LogP contribution is 2.29. The van der Waals surface area contributed by atoms with E-state index in [4.69, 9.17) is 16.3 Å². The number of fused-ring (bicyclic) bond motifs is 1. The topological polar surface area (TPSA) is 58.6 Å². The van der Waals surface area contributed by atoms with Crippen LogP contribution in [-0.2, 0) is 4.79 Å². The molecule has 1 aliphatic rings. The Kier molecular flexibility index (Phi) is 5.81. The van der Waals surface area contributed by atoms with Gasteiger partial charge < -0.3 is 15.0 Å². The number of benzene rings is 2. The van der Waals surface area contributed by atoms with Crippen molar-refractivity contribution in [2.75, 3.05) is 25.0 Å². The molecule has 1 aliphatic heterocycles. The summed E-state index contributed by atoms with van der Waals surface area (Å²) in [5.74, 6) is 0.438. The number of amides is 2. The molecule has 0 radical (unpaired) electrons. The van der Waals surface area contributed by atoms with Crippen LogP contribution in [0.1, 0.15) is 29.8 Å². The van der Waals surface area contributed by atoms with Crippen LogP contribution in [0, 0.1) is 0 Å². The monoisotopic (exact) mass is 384 g/mol.